The fourth-order valence-electron chi connectivity index (χ4n) is 2.82. The Bertz CT molecular complexity index is 639. The van der Waals surface area contributed by atoms with E-state index in [4.69, 9.17) is 14.2 Å². The number of pyridine rings is 1. The van der Waals surface area contributed by atoms with Crippen molar-refractivity contribution in [1.29, 1.82) is 0 Å². The van der Waals surface area contributed by atoms with Crippen LogP contribution in [0.1, 0.15) is 32.9 Å². The molecule has 136 valence electrons. The molecule has 2 atom stereocenters. The average molecular weight is 348 g/mol. The van der Waals surface area contributed by atoms with Crippen LogP contribution in [0.2, 0.25) is 0 Å². The van der Waals surface area contributed by atoms with E-state index in [1.54, 1.807) is 20.8 Å². The molecule has 8 heteroatoms. The molecule has 1 fully saturated rings. The lowest BCUT2D eigenvalue weighted by atomic mass is 10.0. The summed E-state index contributed by atoms with van der Waals surface area (Å²) in [5.74, 6) is 0.198. The summed E-state index contributed by atoms with van der Waals surface area (Å²) >= 11 is 0. The molecular weight excluding hydrogens is 323 g/mol. The molecule has 0 aromatic carbocycles. The first-order valence-corrected chi connectivity index (χ1v) is 8.28. The van der Waals surface area contributed by atoms with Crippen molar-refractivity contribution in [3.05, 3.63) is 17.8 Å². The van der Waals surface area contributed by atoms with Crippen LogP contribution in [0, 0.1) is 6.92 Å². The fraction of sp³-hybridized carbons (Fsp3) is 0.588. The number of aromatic nitrogens is 1. The lowest BCUT2D eigenvalue weighted by Gasteiger charge is -2.27. The number of esters is 1. The van der Waals surface area contributed by atoms with Crippen molar-refractivity contribution in [3.8, 4) is 5.75 Å². The van der Waals surface area contributed by atoms with Crippen LogP contribution in [-0.2, 0) is 14.3 Å². The Morgan fingerprint density at radius 2 is 2.00 bits per heavy atom. The van der Waals surface area contributed by atoms with Crippen LogP contribution in [-0.4, -0.2) is 61.2 Å². The minimum absolute atomic E-state index is 0.259. The number of likely N-dealkylation sites (tertiary alicyclic amines) is 1. The summed E-state index contributed by atoms with van der Waals surface area (Å²) in [6, 6.07) is 2.95. The number of carbonyl (C=O) groups excluding carboxylic acids is 2. The summed E-state index contributed by atoms with van der Waals surface area (Å²) in [5, 5.41) is 0. The predicted octanol–water partition coefficient (Wildman–Crippen LogP) is 0.578. The number of rotatable bonds is 3. The maximum Gasteiger partial charge on any atom is 0.411 e. The van der Waals surface area contributed by atoms with Gasteiger partial charge in [0.05, 0.1) is 13.7 Å². The van der Waals surface area contributed by atoms with E-state index in [-0.39, 0.29) is 12.6 Å². The van der Waals surface area contributed by atoms with Crippen molar-refractivity contribution in [1.82, 2.24) is 9.88 Å². The molecule has 0 N–H and O–H groups in total. The Morgan fingerprint density at radius 1 is 1.32 bits per heavy atom. The van der Waals surface area contributed by atoms with E-state index < -0.39 is 23.7 Å². The van der Waals surface area contributed by atoms with E-state index in [1.165, 1.54) is 12.0 Å². The molecule has 0 bridgehead atoms. The zero-order valence-electron chi connectivity index (χ0n) is 15.7. The van der Waals surface area contributed by atoms with Gasteiger partial charge in [-0.1, -0.05) is 0 Å². The highest BCUT2D eigenvalue weighted by Crippen LogP contribution is 2.25. The van der Waals surface area contributed by atoms with Crippen molar-refractivity contribution in [3.63, 3.8) is 0 Å². The molecule has 7 nitrogen and oxygen atoms in total. The van der Waals surface area contributed by atoms with E-state index in [1.807, 2.05) is 26.9 Å². The Balaban J connectivity index is 2.14. The summed E-state index contributed by atoms with van der Waals surface area (Å²) in [4.78, 5) is 30.2. The van der Waals surface area contributed by atoms with Gasteiger partial charge in [-0.2, -0.15) is 0 Å². The van der Waals surface area contributed by atoms with Gasteiger partial charge in [-0.3, -0.25) is 9.88 Å². The van der Waals surface area contributed by atoms with Crippen LogP contribution >= 0.6 is 0 Å². The van der Waals surface area contributed by atoms with Crippen LogP contribution in [0.25, 0.3) is 0 Å². The third-order valence-electron chi connectivity index (χ3n) is 3.72. The van der Waals surface area contributed by atoms with Crippen LogP contribution in [0.4, 0.5) is 4.79 Å². The van der Waals surface area contributed by atoms with Gasteiger partial charge in [-0.15, -0.1) is 0 Å². The molecular formula is C17H25BN2O5. The first-order chi connectivity index (χ1) is 11.6. The number of amides is 1. The maximum atomic E-state index is 12.4. The Hall–Kier alpha value is -2.25. The zero-order valence-corrected chi connectivity index (χ0v) is 15.7. The number of hydrogen-bond acceptors (Lipinski definition) is 6. The normalized spacial score (nSPS) is 20.3. The predicted molar refractivity (Wildman–Crippen MR) is 94.9 cm³/mol. The number of hydrogen-bond donors (Lipinski definition) is 0. The van der Waals surface area contributed by atoms with Gasteiger partial charge in [0.15, 0.2) is 7.85 Å². The minimum atomic E-state index is -0.714. The molecule has 0 spiro atoms. The first kappa shape index (κ1) is 19.1. The number of carbonyl (C=O) groups is 2. The molecule has 1 saturated heterocycles. The Kier molecular flexibility index (Phi) is 5.60. The van der Waals surface area contributed by atoms with E-state index >= 15 is 0 Å². The second-order valence-corrected chi connectivity index (χ2v) is 7.23. The van der Waals surface area contributed by atoms with Gasteiger partial charge in [-0.05, 0) is 39.4 Å². The van der Waals surface area contributed by atoms with E-state index in [2.05, 4.69) is 4.98 Å². The monoisotopic (exact) mass is 348 g/mol. The van der Waals surface area contributed by atoms with Gasteiger partial charge in [0, 0.05) is 18.2 Å². The standard InChI is InChI=1S/C17H25BN2O5/c1-10-6-11(8-14(18)19-10)24-12-7-13(15(21)23-5)20(9-12)16(22)25-17(2,3)4/h6,8,12-13H,7,9,18H2,1-5H3/t12-,13+/m1/s1. The zero-order chi connectivity index (χ0) is 18.8. The summed E-state index contributed by atoms with van der Waals surface area (Å²) in [6.07, 6.45) is -0.513. The second kappa shape index (κ2) is 7.33. The van der Waals surface area contributed by atoms with Crippen molar-refractivity contribution in [2.45, 2.75) is 51.9 Å². The first-order valence-electron chi connectivity index (χ1n) is 8.28. The molecule has 1 aliphatic heterocycles. The topological polar surface area (TPSA) is 78.0 Å². The van der Waals surface area contributed by atoms with Gasteiger partial charge in [0.25, 0.3) is 0 Å². The third kappa shape index (κ3) is 5.11. The van der Waals surface area contributed by atoms with Crippen LogP contribution in [0.15, 0.2) is 12.1 Å². The van der Waals surface area contributed by atoms with Gasteiger partial charge < -0.3 is 14.2 Å². The van der Waals surface area contributed by atoms with Crippen LogP contribution in [0.5, 0.6) is 5.75 Å². The summed E-state index contributed by atoms with van der Waals surface area (Å²) in [5.41, 5.74) is 1.05. The number of methoxy groups -OCH3 is 1. The Morgan fingerprint density at radius 3 is 2.56 bits per heavy atom. The number of aryl methyl sites for hydroxylation is 1. The van der Waals surface area contributed by atoms with Gasteiger partial charge in [0.1, 0.15) is 23.5 Å². The highest BCUT2D eigenvalue weighted by molar-refractivity contribution is 6.30. The van der Waals surface area contributed by atoms with Crippen molar-refractivity contribution >= 4 is 25.5 Å². The average Bonchev–Trinajstić information content (AvgIpc) is 2.87. The second-order valence-electron chi connectivity index (χ2n) is 7.23. The summed E-state index contributed by atoms with van der Waals surface area (Å²) in [7, 11) is 3.19. The Labute approximate surface area is 149 Å². The summed E-state index contributed by atoms with van der Waals surface area (Å²) in [6.45, 7) is 7.49. The van der Waals surface area contributed by atoms with Gasteiger partial charge in [0.2, 0.25) is 0 Å². The maximum absolute atomic E-state index is 12.4. The van der Waals surface area contributed by atoms with Crippen LogP contribution in [0.3, 0.4) is 0 Å². The molecule has 1 aromatic heterocycles. The van der Waals surface area contributed by atoms with E-state index in [0.29, 0.717) is 12.2 Å². The van der Waals surface area contributed by atoms with Crippen molar-refractivity contribution in [2.24, 2.45) is 0 Å². The molecule has 1 aliphatic rings. The third-order valence-corrected chi connectivity index (χ3v) is 3.72. The molecule has 25 heavy (non-hydrogen) atoms. The highest BCUT2D eigenvalue weighted by atomic mass is 16.6. The molecule has 1 aromatic rings. The number of nitrogens with zero attached hydrogens (tertiary/aromatic N) is 2. The SMILES string of the molecule is Bc1cc(O[C@@H]2C[C@@H](C(=O)OC)N(C(=O)OC(C)(C)C)C2)cc(C)n1. The minimum Gasteiger partial charge on any atom is -0.488 e. The van der Waals surface area contributed by atoms with Crippen molar-refractivity contribution in [2.75, 3.05) is 13.7 Å². The molecule has 0 aliphatic carbocycles. The molecule has 0 radical (unpaired) electrons. The largest absolute Gasteiger partial charge is 0.488 e. The van der Waals surface area contributed by atoms with Gasteiger partial charge in [-0.25, -0.2) is 9.59 Å². The molecule has 0 saturated carbocycles. The molecule has 1 amide bonds. The highest BCUT2D eigenvalue weighted by Gasteiger charge is 2.43. The molecule has 2 heterocycles. The lowest BCUT2D eigenvalue weighted by Crippen LogP contribution is -2.44. The van der Waals surface area contributed by atoms with Crippen molar-refractivity contribution < 1.29 is 23.8 Å². The quantitative estimate of drug-likeness (QED) is 0.587. The molecule has 0 unspecified atom stereocenters. The smallest absolute Gasteiger partial charge is 0.411 e. The van der Waals surface area contributed by atoms with Crippen LogP contribution < -0.4 is 10.3 Å². The van der Waals surface area contributed by atoms with E-state index in [9.17, 15) is 9.59 Å². The fourth-order valence-corrected chi connectivity index (χ4v) is 2.82. The summed E-state index contributed by atoms with van der Waals surface area (Å²) < 4.78 is 16.2. The lowest BCUT2D eigenvalue weighted by molar-refractivity contribution is -0.145. The van der Waals surface area contributed by atoms with E-state index in [0.717, 1.165) is 11.3 Å². The van der Waals surface area contributed by atoms with Gasteiger partial charge >= 0.3 is 12.1 Å². The molecule has 2 rings (SSSR count). The number of ether oxygens (including phenoxy) is 3.